The molecule has 0 rings (SSSR count). The van der Waals surface area contributed by atoms with Crippen molar-refractivity contribution in [2.24, 2.45) is 10.8 Å². The lowest BCUT2D eigenvalue weighted by Gasteiger charge is -2.31. The molecule has 0 aromatic rings. The minimum Gasteiger partial charge on any atom is -0.465 e. The third-order valence-corrected chi connectivity index (χ3v) is 27.8. The summed E-state index contributed by atoms with van der Waals surface area (Å²) in [7, 11) is 0. The molecule has 18 nitrogen and oxygen atoms in total. The molecular formula is C118H228O18. The van der Waals surface area contributed by atoms with Crippen molar-refractivity contribution in [1.82, 2.24) is 0 Å². The summed E-state index contributed by atoms with van der Waals surface area (Å²) in [5.41, 5.74) is -1.66. The van der Waals surface area contributed by atoms with E-state index in [9.17, 15) is 59.4 Å². The van der Waals surface area contributed by atoms with Crippen LogP contribution in [-0.2, 0) is 57.2 Å². The van der Waals surface area contributed by atoms with Gasteiger partial charge in [-0.1, -0.05) is 479 Å². The molecule has 0 saturated heterocycles. The van der Waals surface area contributed by atoms with E-state index >= 15 is 0 Å². The number of esters is 6. The number of carbonyl (C=O) groups excluding carboxylic acids is 6. The molecule has 0 fully saturated rings. The van der Waals surface area contributed by atoms with Crippen molar-refractivity contribution in [3.05, 3.63) is 0 Å². The van der Waals surface area contributed by atoms with Crippen LogP contribution in [0.1, 0.15) is 633 Å². The van der Waals surface area contributed by atoms with Crippen LogP contribution in [0.4, 0.5) is 0 Å². The van der Waals surface area contributed by atoms with E-state index in [4.69, 9.17) is 28.4 Å². The number of aliphatic hydroxyl groups excluding tert-OH is 6. The Labute approximate surface area is 839 Å². The summed E-state index contributed by atoms with van der Waals surface area (Å²) in [4.78, 5) is 78.1. The van der Waals surface area contributed by atoms with Crippen molar-refractivity contribution < 1.29 is 87.8 Å². The van der Waals surface area contributed by atoms with Gasteiger partial charge in [-0.2, -0.15) is 0 Å². The van der Waals surface area contributed by atoms with Crippen molar-refractivity contribution in [1.29, 1.82) is 0 Å². The third-order valence-electron chi connectivity index (χ3n) is 27.8. The Kier molecular flexibility index (Phi) is 103. The average Bonchev–Trinajstić information content (AvgIpc) is 0.850. The maximum atomic E-state index is 13.4. The van der Waals surface area contributed by atoms with E-state index in [1.54, 1.807) is 0 Å². The number of hydrogen-bond donors (Lipinski definition) is 6. The van der Waals surface area contributed by atoms with Gasteiger partial charge in [-0.15, -0.1) is 0 Å². The number of ether oxygens (including phenoxy) is 6. The van der Waals surface area contributed by atoms with Gasteiger partial charge in [-0.25, -0.2) is 0 Å². The molecule has 6 atom stereocenters. The number of carbonyl (C=O) groups is 6. The fourth-order valence-electron chi connectivity index (χ4n) is 18.2. The molecule has 0 aromatic heterocycles. The zero-order chi connectivity index (χ0) is 100. The van der Waals surface area contributed by atoms with Crippen molar-refractivity contribution in [2.45, 2.75) is 670 Å². The largest absolute Gasteiger partial charge is 0.465 e. The lowest BCUT2D eigenvalue weighted by Crippen LogP contribution is -2.44. The SMILES string of the molecule is CCCCCCC(O)CCCCCCCCCCC(=O)OCC(C)(C)COC(=O)CCCCCCCCCCC(O)CCCCCC.CCCCCCC(O)CCCCCCCCCCC(=O)OCC(COC(=O)CCCCCCCCCCC(O)CCCCCC)(COC(=O)CCCCCCCCCCC(O)CCCCCC)COC(=O)CCCCCCCCCCC(O)CCCCCC. The standard InChI is InChI=1S/C77H148O12.C41H80O6/c1-5-9-13-41-53-69(78)57-45-33-25-17-21-29-37-49-61-73(82)86-65-77(66-87-74(83)62-50-38-30-22-18-26-34-46-58-70(79)54-42-14-10-6-2,67-88-75(84)63-51-39-31-23-19-27-35-47-59-71(80)55-43-15-11-7-3)68-89-76(85)64-52-40-32-24-20-28-36-48-60-72(81)56-44-16-12-8-4;1-5-7-9-23-29-37(42)31-25-19-15-11-13-17-21-27-33-39(44)46-35-41(3,4)36-47-40(45)34-28-22-18-14-12-16-20-26-32-38(43)30-24-10-8-6-2/h69-72,78-81H,5-68H2,1-4H3;37-38,42-43H,5-36H2,1-4H3. The van der Waals surface area contributed by atoms with Crippen LogP contribution >= 0.6 is 0 Å². The Morgan fingerprint density at radius 1 is 0.162 bits per heavy atom. The molecule has 18 heteroatoms. The molecule has 136 heavy (non-hydrogen) atoms. The Hall–Kier alpha value is -3.42. The van der Waals surface area contributed by atoms with Gasteiger partial charge in [0.25, 0.3) is 0 Å². The molecule has 0 spiro atoms. The summed E-state index contributed by atoms with van der Waals surface area (Å²) < 4.78 is 34.8. The van der Waals surface area contributed by atoms with E-state index in [1.165, 1.54) is 167 Å². The molecule has 0 aromatic carbocycles. The van der Waals surface area contributed by atoms with Crippen LogP contribution in [0.3, 0.4) is 0 Å². The van der Waals surface area contributed by atoms with E-state index < -0.39 is 5.41 Å². The van der Waals surface area contributed by atoms with Gasteiger partial charge in [0.2, 0.25) is 0 Å². The molecule has 0 saturated carbocycles. The predicted molar refractivity (Wildman–Crippen MR) is 568 cm³/mol. The van der Waals surface area contributed by atoms with Crippen LogP contribution in [0.15, 0.2) is 0 Å². The highest BCUT2D eigenvalue weighted by atomic mass is 16.6. The summed E-state index contributed by atoms with van der Waals surface area (Å²) >= 11 is 0. The van der Waals surface area contributed by atoms with Crippen LogP contribution in [-0.4, -0.2) is 143 Å². The Morgan fingerprint density at radius 2 is 0.265 bits per heavy atom. The first kappa shape index (κ1) is 135. The van der Waals surface area contributed by atoms with Crippen molar-refractivity contribution in [2.75, 3.05) is 39.6 Å². The fourth-order valence-corrected chi connectivity index (χ4v) is 18.2. The Morgan fingerprint density at radius 3 is 0.390 bits per heavy atom. The maximum absolute atomic E-state index is 13.4. The average molecular weight is 1940 g/mol. The van der Waals surface area contributed by atoms with Gasteiger partial charge >= 0.3 is 35.8 Å². The highest BCUT2D eigenvalue weighted by Crippen LogP contribution is 2.28. The highest BCUT2D eigenvalue weighted by Gasteiger charge is 2.38. The van der Waals surface area contributed by atoms with Gasteiger partial charge in [0.05, 0.1) is 49.8 Å². The van der Waals surface area contributed by atoms with Crippen molar-refractivity contribution in [3.8, 4) is 0 Å². The molecule has 0 aliphatic heterocycles. The van der Waals surface area contributed by atoms with E-state index in [1.807, 2.05) is 13.8 Å². The zero-order valence-corrected chi connectivity index (χ0v) is 90.9. The van der Waals surface area contributed by atoms with Crippen molar-refractivity contribution in [3.63, 3.8) is 0 Å². The topological polar surface area (TPSA) is 279 Å². The van der Waals surface area contributed by atoms with E-state index in [-0.39, 0.29) is 143 Å². The molecule has 6 N–H and O–H groups in total. The van der Waals surface area contributed by atoms with Crippen LogP contribution in [0.25, 0.3) is 0 Å². The third kappa shape index (κ3) is 102. The van der Waals surface area contributed by atoms with Gasteiger partial charge in [0, 0.05) is 43.9 Å². The first-order valence-electron chi connectivity index (χ1n) is 59.1. The van der Waals surface area contributed by atoms with Gasteiger partial charge < -0.3 is 59.1 Å². The quantitative estimate of drug-likeness (QED) is 0.0187. The maximum Gasteiger partial charge on any atom is 0.305 e. The Bertz CT molecular complexity index is 2250. The summed E-state index contributed by atoms with van der Waals surface area (Å²) in [6.45, 7) is 16.9. The van der Waals surface area contributed by atoms with Gasteiger partial charge in [-0.3, -0.25) is 28.8 Å². The lowest BCUT2D eigenvalue weighted by molar-refractivity contribution is -0.171. The number of rotatable bonds is 108. The number of aliphatic hydroxyl groups is 6. The molecule has 6 unspecified atom stereocenters. The molecule has 0 aliphatic carbocycles. The number of unbranched alkanes of at least 4 members (excludes halogenated alkanes) is 60. The second-order valence-corrected chi connectivity index (χ2v) is 42.8. The van der Waals surface area contributed by atoms with Gasteiger partial charge in [0.15, 0.2) is 0 Å². The monoisotopic (exact) mass is 1930 g/mol. The van der Waals surface area contributed by atoms with Crippen LogP contribution in [0.5, 0.6) is 0 Å². The predicted octanol–water partition coefficient (Wildman–Crippen LogP) is 32.6. The minimum absolute atomic E-state index is 0.111. The minimum atomic E-state index is -1.27. The van der Waals surface area contributed by atoms with Gasteiger partial charge in [-0.05, 0) is 116 Å². The van der Waals surface area contributed by atoms with E-state index in [0.29, 0.717) is 38.5 Å². The summed E-state index contributed by atoms with van der Waals surface area (Å²) in [6.07, 6.45) is 91.9. The number of hydrogen-bond acceptors (Lipinski definition) is 18. The first-order valence-corrected chi connectivity index (χ1v) is 59.1. The molecule has 808 valence electrons. The van der Waals surface area contributed by atoms with Crippen molar-refractivity contribution >= 4 is 35.8 Å². The lowest BCUT2D eigenvalue weighted by atomic mass is 9.92. The second-order valence-electron chi connectivity index (χ2n) is 42.8. The van der Waals surface area contributed by atoms with Gasteiger partial charge in [0.1, 0.15) is 31.8 Å². The summed E-state index contributed by atoms with van der Waals surface area (Å²) in [5, 5.41) is 61.4. The zero-order valence-electron chi connectivity index (χ0n) is 90.9. The normalized spacial score (nSPS) is 13.5. The molecule has 0 radical (unpaired) electrons. The molecule has 0 heterocycles. The van der Waals surface area contributed by atoms with Crippen LogP contribution in [0.2, 0.25) is 0 Å². The van der Waals surface area contributed by atoms with Crippen LogP contribution < -0.4 is 0 Å². The molecule has 0 aliphatic rings. The highest BCUT2D eigenvalue weighted by molar-refractivity contribution is 5.71. The smallest absolute Gasteiger partial charge is 0.305 e. The molecule has 0 amide bonds. The molecule has 0 bridgehead atoms. The van der Waals surface area contributed by atoms with E-state index in [2.05, 4.69) is 41.5 Å². The Balaban J connectivity index is 0. The fraction of sp³-hybridized carbons (Fsp3) is 0.949. The summed E-state index contributed by atoms with van der Waals surface area (Å²) in [6, 6.07) is 0. The van der Waals surface area contributed by atoms with E-state index in [0.717, 1.165) is 347 Å². The first-order chi connectivity index (χ1) is 66.1. The molecular weight excluding hydrogens is 1710 g/mol. The second kappa shape index (κ2) is 104. The van der Waals surface area contributed by atoms with Crippen LogP contribution in [0, 0.1) is 10.8 Å². The summed E-state index contributed by atoms with van der Waals surface area (Å²) in [5.74, 6) is -1.85.